The molecule has 1 aliphatic carbocycles. The SMILES string of the molecule is O=C(/C=C/c1cnn(-c2ccccc2)c1)NCC1(O)CCCC1. The highest BCUT2D eigenvalue weighted by molar-refractivity contribution is 5.91. The van der Waals surface area contributed by atoms with Gasteiger partial charge in [-0.3, -0.25) is 4.79 Å². The lowest BCUT2D eigenvalue weighted by Crippen LogP contribution is -2.40. The summed E-state index contributed by atoms with van der Waals surface area (Å²) in [5, 5.41) is 17.3. The lowest BCUT2D eigenvalue weighted by molar-refractivity contribution is -0.117. The van der Waals surface area contributed by atoms with E-state index in [0.29, 0.717) is 6.54 Å². The van der Waals surface area contributed by atoms with Gasteiger partial charge in [0.2, 0.25) is 5.91 Å². The zero-order valence-corrected chi connectivity index (χ0v) is 13.0. The number of carbonyl (C=O) groups excluding carboxylic acids is 1. The van der Waals surface area contributed by atoms with Crippen LogP contribution in [0.5, 0.6) is 0 Å². The van der Waals surface area contributed by atoms with E-state index < -0.39 is 5.60 Å². The van der Waals surface area contributed by atoms with Crippen molar-refractivity contribution in [2.45, 2.75) is 31.3 Å². The zero-order chi connectivity index (χ0) is 16.1. The molecule has 3 rings (SSSR count). The van der Waals surface area contributed by atoms with Crippen LogP contribution >= 0.6 is 0 Å². The molecule has 120 valence electrons. The maximum atomic E-state index is 11.9. The van der Waals surface area contributed by atoms with Crippen LogP contribution in [0.25, 0.3) is 11.8 Å². The summed E-state index contributed by atoms with van der Waals surface area (Å²) in [7, 11) is 0. The summed E-state index contributed by atoms with van der Waals surface area (Å²) >= 11 is 0. The van der Waals surface area contributed by atoms with Gasteiger partial charge in [0.1, 0.15) is 0 Å². The summed E-state index contributed by atoms with van der Waals surface area (Å²) in [5.74, 6) is -0.196. The molecule has 0 radical (unpaired) electrons. The minimum absolute atomic E-state index is 0.196. The van der Waals surface area contributed by atoms with Gasteiger partial charge >= 0.3 is 0 Å². The topological polar surface area (TPSA) is 67.2 Å². The van der Waals surface area contributed by atoms with Gasteiger partial charge in [-0.1, -0.05) is 31.0 Å². The Kier molecular flexibility index (Phi) is 4.57. The first-order valence-corrected chi connectivity index (χ1v) is 7.93. The van der Waals surface area contributed by atoms with Crippen LogP contribution in [-0.4, -0.2) is 32.9 Å². The Morgan fingerprint density at radius 1 is 1.30 bits per heavy atom. The number of aromatic nitrogens is 2. The van der Waals surface area contributed by atoms with Gasteiger partial charge in [0.15, 0.2) is 0 Å². The Bertz CT molecular complexity index is 685. The number of amides is 1. The number of hydrogen-bond donors (Lipinski definition) is 2. The van der Waals surface area contributed by atoms with Crippen LogP contribution < -0.4 is 5.32 Å². The molecular weight excluding hydrogens is 290 g/mol. The normalized spacial score (nSPS) is 16.7. The molecule has 0 saturated heterocycles. The van der Waals surface area contributed by atoms with Gasteiger partial charge in [-0.2, -0.15) is 5.10 Å². The molecule has 23 heavy (non-hydrogen) atoms. The highest BCUT2D eigenvalue weighted by Gasteiger charge is 2.30. The van der Waals surface area contributed by atoms with Crippen molar-refractivity contribution in [3.63, 3.8) is 0 Å². The molecule has 5 nitrogen and oxygen atoms in total. The smallest absolute Gasteiger partial charge is 0.244 e. The molecule has 0 unspecified atom stereocenters. The van der Waals surface area contributed by atoms with Crippen molar-refractivity contribution < 1.29 is 9.90 Å². The third kappa shape index (κ3) is 4.07. The summed E-state index contributed by atoms with van der Waals surface area (Å²) in [6.45, 7) is 0.319. The molecule has 1 aliphatic rings. The fourth-order valence-corrected chi connectivity index (χ4v) is 2.84. The summed E-state index contributed by atoms with van der Waals surface area (Å²) in [5.41, 5.74) is 1.10. The molecule has 2 aromatic rings. The quantitative estimate of drug-likeness (QED) is 0.833. The second-order valence-electron chi connectivity index (χ2n) is 6.04. The molecule has 1 saturated carbocycles. The molecule has 1 aromatic heterocycles. The first kappa shape index (κ1) is 15.5. The molecular formula is C18H21N3O2. The van der Waals surface area contributed by atoms with Gasteiger partial charge in [0.05, 0.1) is 17.5 Å². The molecule has 0 spiro atoms. The van der Waals surface area contributed by atoms with Crippen LogP contribution in [0, 0.1) is 0 Å². The summed E-state index contributed by atoms with van der Waals surface area (Å²) in [4.78, 5) is 11.9. The van der Waals surface area contributed by atoms with E-state index in [9.17, 15) is 9.90 Å². The van der Waals surface area contributed by atoms with Crippen LogP contribution in [0.1, 0.15) is 31.2 Å². The number of rotatable bonds is 5. The van der Waals surface area contributed by atoms with Gasteiger partial charge in [-0.25, -0.2) is 4.68 Å². The highest BCUT2D eigenvalue weighted by Crippen LogP contribution is 2.28. The lowest BCUT2D eigenvalue weighted by atomic mass is 10.0. The Labute approximate surface area is 135 Å². The molecule has 1 fully saturated rings. The first-order chi connectivity index (χ1) is 11.1. The Hall–Kier alpha value is -2.40. The molecule has 0 atom stereocenters. The van der Waals surface area contributed by atoms with Gasteiger partial charge in [-0.05, 0) is 31.1 Å². The number of hydrogen-bond acceptors (Lipinski definition) is 3. The number of aliphatic hydroxyl groups is 1. The van der Waals surface area contributed by atoms with E-state index in [4.69, 9.17) is 0 Å². The standard InChI is InChI=1S/C18H21N3O2/c22-17(19-14-18(23)10-4-5-11-18)9-8-15-12-20-21(13-15)16-6-2-1-3-7-16/h1-3,6-9,12-13,23H,4-5,10-11,14H2,(H,19,22)/b9-8+. The highest BCUT2D eigenvalue weighted by atomic mass is 16.3. The molecule has 1 aromatic carbocycles. The molecule has 0 bridgehead atoms. The first-order valence-electron chi connectivity index (χ1n) is 7.93. The van der Waals surface area contributed by atoms with Crippen LogP contribution in [0.3, 0.4) is 0 Å². The number of carbonyl (C=O) groups is 1. The van der Waals surface area contributed by atoms with E-state index in [0.717, 1.165) is 36.9 Å². The maximum absolute atomic E-state index is 11.9. The van der Waals surface area contributed by atoms with E-state index >= 15 is 0 Å². The minimum atomic E-state index is -0.721. The average Bonchev–Trinajstić information content (AvgIpc) is 3.22. The fourth-order valence-electron chi connectivity index (χ4n) is 2.84. The van der Waals surface area contributed by atoms with Crippen LogP contribution in [0.4, 0.5) is 0 Å². The van der Waals surface area contributed by atoms with E-state index in [2.05, 4.69) is 10.4 Å². The number of nitrogens with zero attached hydrogens (tertiary/aromatic N) is 2. The summed E-state index contributed by atoms with van der Waals surface area (Å²) in [6, 6.07) is 9.79. The lowest BCUT2D eigenvalue weighted by Gasteiger charge is -2.21. The van der Waals surface area contributed by atoms with Gasteiger partial charge in [0, 0.05) is 24.4 Å². The molecule has 1 heterocycles. The second kappa shape index (κ2) is 6.79. The van der Waals surface area contributed by atoms with Gasteiger partial charge < -0.3 is 10.4 Å². The monoisotopic (exact) mass is 311 g/mol. The van der Waals surface area contributed by atoms with Crippen LogP contribution in [0.15, 0.2) is 48.8 Å². The van der Waals surface area contributed by atoms with E-state index in [1.165, 1.54) is 6.08 Å². The van der Waals surface area contributed by atoms with E-state index in [-0.39, 0.29) is 5.91 Å². The van der Waals surface area contributed by atoms with Crippen molar-refractivity contribution >= 4 is 12.0 Å². The molecule has 1 amide bonds. The van der Waals surface area contributed by atoms with Crippen LogP contribution in [0.2, 0.25) is 0 Å². The Balaban J connectivity index is 1.55. The molecule has 2 N–H and O–H groups in total. The van der Waals surface area contributed by atoms with Crippen molar-refractivity contribution in [2.75, 3.05) is 6.54 Å². The summed E-state index contributed by atoms with van der Waals surface area (Å²) in [6.07, 6.45) is 10.4. The van der Waals surface area contributed by atoms with Gasteiger partial charge in [0.25, 0.3) is 0 Å². The number of nitrogens with one attached hydrogen (secondary N) is 1. The van der Waals surface area contributed by atoms with Crippen molar-refractivity contribution in [3.05, 3.63) is 54.4 Å². The average molecular weight is 311 g/mol. The van der Waals surface area contributed by atoms with Crippen LogP contribution in [-0.2, 0) is 4.79 Å². The zero-order valence-electron chi connectivity index (χ0n) is 13.0. The Morgan fingerprint density at radius 3 is 2.78 bits per heavy atom. The number of para-hydroxylation sites is 1. The third-order valence-electron chi connectivity index (χ3n) is 4.18. The van der Waals surface area contributed by atoms with Crippen molar-refractivity contribution in [2.24, 2.45) is 0 Å². The van der Waals surface area contributed by atoms with Crippen molar-refractivity contribution in [1.29, 1.82) is 0 Å². The Morgan fingerprint density at radius 2 is 2.04 bits per heavy atom. The third-order valence-corrected chi connectivity index (χ3v) is 4.18. The largest absolute Gasteiger partial charge is 0.388 e. The minimum Gasteiger partial charge on any atom is -0.388 e. The predicted molar refractivity (Wildman–Crippen MR) is 89.0 cm³/mol. The van der Waals surface area contributed by atoms with Crippen molar-refractivity contribution in [3.8, 4) is 5.69 Å². The predicted octanol–water partition coefficient (Wildman–Crippen LogP) is 2.31. The molecule has 5 heteroatoms. The summed E-state index contributed by atoms with van der Waals surface area (Å²) < 4.78 is 1.76. The number of benzene rings is 1. The fraction of sp³-hybridized carbons (Fsp3) is 0.333. The molecule has 0 aliphatic heterocycles. The van der Waals surface area contributed by atoms with Crippen molar-refractivity contribution in [1.82, 2.24) is 15.1 Å². The van der Waals surface area contributed by atoms with E-state index in [1.54, 1.807) is 17.0 Å². The maximum Gasteiger partial charge on any atom is 0.244 e. The van der Waals surface area contributed by atoms with Gasteiger partial charge in [-0.15, -0.1) is 0 Å². The van der Waals surface area contributed by atoms with E-state index in [1.807, 2.05) is 36.5 Å². The second-order valence-corrected chi connectivity index (χ2v) is 6.04.